The summed E-state index contributed by atoms with van der Waals surface area (Å²) < 4.78 is 7.63. The molecule has 129 heavy (non-hydrogen) atoms. The van der Waals surface area contributed by atoms with Crippen molar-refractivity contribution in [1.82, 2.24) is 15.0 Å². The molecule has 6 heterocycles. The fourth-order valence-electron chi connectivity index (χ4n) is 20.4. The zero-order valence-electron chi connectivity index (χ0n) is 70.2. The predicted octanol–water partition coefficient (Wildman–Crippen LogP) is 27.8. The first-order chi connectivity index (χ1) is 64.0. The first kappa shape index (κ1) is 77.3. The Balaban J connectivity index is 0.000000108. The molecule has 6 aromatic heterocycles. The van der Waals surface area contributed by atoms with Crippen LogP contribution in [0.3, 0.4) is 0 Å². The van der Waals surface area contributed by atoms with Crippen LogP contribution in [0.4, 0.5) is 0 Å². The summed E-state index contributed by atoms with van der Waals surface area (Å²) in [5.74, 6) is 0. The van der Waals surface area contributed by atoms with Gasteiger partial charge in [-0.1, -0.05) is 419 Å². The molecule has 0 amide bonds. The second-order valence-corrected chi connectivity index (χ2v) is 44.1. The van der Waals surface area contributed by atoms with Crippen LogP contribution in [0.25, 0.3) is 182 Å². The summed E-state index contributed by atoms with van der Waals surface area (Å²) in [5.41, 5.74) is 14.6. The largest absolute Gasteiger partial charge is 0.246 e. The Kier molecular flexibility index (Phi) is 19.6. The number of fused-ring (bicyclic) bond motifs is 15. The third kappa shape index (κ3) is 13.3. The minimum atomic E-state index is -2.64. The van der Waals surface area contributed by atoms with Crippen LogP contribution < -0.4 is 41.5 Å². The van der Waals surface area contributed by atoms with Crippen LogP contribution >= 0.6 is 34.0 Å². The molecule has 604 valence electrons. The van der Waals surface area contributed by atoms with Gasteiger partial charge in [0.05, 0.1) is 47.7 Å². The van der Waals surface area contributed by atoms with Crippen LogP contribution in [0.2, 0.25) is 0 Å². The number of pyridine rings is 3. The molecule has 0 unspecified atom stereocenters. The van der Waals surface area contributed by atoms with E-state index in [0.29, 0.717) is 0 Å². The standard InChI is InChI=1S/C45H31NSSi.C39H27NSSi.C37H21NS/c1-4-17-35(18-5-1)48(36-19-6-2-7-20-36,37-21-8-3-9-22-37)38-29-27-32(28-30-38)33-15-14-16-34(31-33)44-45-43(39-23-10-12-25-41(39)46-44)40-24-11-13-26-42(40)47-45;1-4-16-29(17-5-1)42(30-18-6-2-7-19-30,31-20-8-3-9-21-31)32-22-14-15-28(27-32)38-39-37(33-23-10-12-25-35(33)40-38)34-24-11-13-26-36(34)41-39;1-3-13-31-29(11-1)35-30-12-2-4-14-32(30)39-37(35)36(38-31)27-10-6-9-24(19-27)28-20-25-17-15-22-7-5-8-23-16-18-26(21-28)34(25)33(22)23/h1-31H;1-27H;1-21H. The van der Waals surface area contributed by atoms with Crippen LogP contribution in [0, 0.1) is 0 Å². The molecule has 0 aliphatic heterocycles. The summed E-state index contributed by atoms with van der Waals surface area (Å²) in [5, 5.41) is 30.3. The summed E-state index contributed by atoms with van der Waals surface area (Å²) in [6.45, 7) is 0. The van der Waals surface area contributed by atoms with Crippen molar-refractivity contribution >= 4 is 217 Å². The molecule has 0 aliphatic carbocycles. The second-order valence-electron chi connectivity index (χ2n) is 33.4. The summed E-state index contributed by atoms with van der Waals surface area (Å²) >= 11 is 5.53. The first-order valence-electron chi connectivity index (χ1n) is 44.0. The van der Waals surface area contributed by atoms with Crippen LogP contribution in [0.1, 0.15) is 0 Å². The molecule has 0 atom stereocenters. The third-order valence-electron chi connectivity index (χ3n) is 26.2. The van der Waals surface area contributed by atoms with E-state index in [1.54, 1.807) is 0 Å². The molecule has 0 N–H and O–H groups in total. The first-order valence-corrected chi connectivity index (χ1v) is 50.4. The number of nitrogens with zero attached hydrogens (tertiary/aromatic N) is 3. The Bertz CT molecular complexity index is 8490. The van der Waals surface area contributed by atoms with Gasteiger partial charge in [-0.2, -0.15) is 0 Å². The van der Waals surface area contributed by atoms with E-state index in [2.05, 4.69) is 479 Å². The van der Waals surface area contributed by atoms with E-state index in [0.717, 1.165) is 50.3 Å². The van der Waals surface area contributed by atoms with Gasteiger partial charge in [-0.15, -0.1) is 34.0 Å². The van der Waals surface area contributed by atoms with Crippen molar-refractivity contribution in [3.8, 4) is 56.0 Å². The summed E-state index contributed by atoms with van der Waals surface area (Å²) in [4.78, 5) is 15.8. The maximum Gasteiger partial charge on any atom is 0.179 e. The van der Waals surface area contributed by atoms with Gasteiger partial charge in [0.1, 0.15) is 0 Å². The van der Waals surface area contributed by atoms with E-state index in [4.69, 9.17) is 15.0 Å². The van der Waals surface area contributed by atoms with Crippen molar-refractivity contribution in [2.45, 2.75) is 0 Å². The summed E-state index contributed by atoms with van der Waals surface area (Å²) in [6, 6.07) is 175. The predicted molar refractivity (Wildman–Crippen MR) is 562 cm³/mol. The quantitative estimate of drug-likeness (QED) is 0.0656. The van der Waals surface area contributed by atoms with E-state index < -0.39 is 16.1 Å². The number of aromatic nitrogens is 3. The lowest BCUT2D eigenvalue weighted by Crippen LogP contribution is -2.74. The lowest BCUT2D eigenvalue weighted by molar-refractivity contribution is 1.44. The van der Waals surface area contributed by atoms with Crippen molar-refractivity contribution in [3.05, 3.63) is 479 Å². The van der Waals surface area contributed by atoms with Gasteiger partial charge in [0.15, 0.2) is 16.1 Å². The van der Waals surface area contributed by atoms with E-state index in [1.165, 1.54) is 173 Å². The SMILES string of the molecule is c1cc(-c2cc3ccc4cccc5ccc(c2)c3c45)cc(-c2nc3ccccc3c3c2sc2ccccc23)c1.c1ccc([Si](c2ccccc2)(c2ccccc2)c2ccc(-c3cccc(-c4nc5ccccc5c5c4sc4ccccc45)c3)cc2)cc1.c1ccc([Si](c2ccccc2)(c2ccccc2)c2cccc(-c3nc4ccccc4c4c3sc3ccccc34)c2)cc1. The number of para-hydroxylation sites is 3. The highest BCUT2D eigenvalue weighted by Gasteiger charge is 2.43. The number of thiophene rings is 3. The normalized spacial score (nSPS) is 11.9. The Hall–Kier alpha value is -15.2. The average Bonchev–Trinajstić information content (AvgIpc) is 1.66. The maximum absolute atomic E-state index is 5.34. The molecule has 3 nitrogen and oxygen atoms in total. The van der Waals surface area contributed by atoms with E-state index >= 15 is 0 Å². The van der Waals surface area contributed by atoms with Gasteiger partial charge in [0.2, 0.25) is 0 Å². The van der Waals surface area contributed by atoms with Crippen molar-refractivity contribution in [2.75, 3.05) is 0 Å². The molecule has 0 radical (unpaired) electrons. The van der Waals surface area contributed by atoms with Crippen LogP contribution in [-0.4, -0.2) is 31.1 Å². The Morgan fingerprint density at radius 1 is 0.155 bits per heavy atom. The molecule has 20 aromatic carbocycles. The average molecular weight is 1730 g/mol. The summed E-state index contributed by atoms with van der Waals surface area (Å²) in [7, 11) is -5.21. The minimum absolute atomic E-state index is 1.03. The molecule has 0 aliphatic rings. The highest BCUT2D eigenvalue weighted by Crippen LogP contribution is 2.48. The van der Waals surface area contributed by atoms with Gasteiger partial charge >= 0.3 is 0 Å². The zero-order chi connectivity index (χ0) is 85.4. The molecule has 0 saturated carbocycles. The monoisotopic (exact) mass is 1730 g/mol. The van der Waals surface area contributed by atoms with Gasteiger partial charge < -0.3 is 0 Å². The molecule has 26 rings (SSSR count). The smallest absolute Gasteiger partial charge is 0.179 e. The molecule has 0 fully saturated rings. The van der Waals surface area contributed by atoms with Gasteiger partial charge in [0, 0.05) is 79.3 Å². The van der Waals surface area contributed by atoms with Gasteiger partial charge in [-0.05, 0) is 157 Å². The fraction of sp³-hybridized carbons (Fsp3) is 0. The maximum atomic E-state index is 5.34. The van der Waals surface area contributed by atoms with Gasteiger partial charge in [-0.25, -0.2) is 15.0 Å². The van der Waals surface area contributed by atoms with Crippen LogP contribution in [0.15, 0.2) is 479 Å². The molecule has 26 aromatic rings. The van der Waals surface area contributed by atoms with E-state index in [-0.39, 0.29) is 0 Å². The van der Waals surface area contributed by atoms with E-state index in [9.17, 15) is 0 Å². The Labute approximate surface area is 761 Å². The van der Waals surface area contributed by atoms with Crippen LogP contribution in [0.5, 0.6) is 0 Å². The molecular formula is C121H79N3S3Si2. The fourth-order valence-corrected chi connectivity index (χ4v) is 33.7. The lowest BCUT2D eigenvalue weighted by atomic mass is 9.91. The Morgan fingerprint density at radius 2 is 0.419 bits per heavy atom. The van der Waals surface area contributed by atoms with Crippen molar-refractivity contribution in [2.24, 2.45) is 0 Å². The topological polar surface area (TPSA) is 38.7 Å². The highest BCUT2D eigenvalue weighted by molar-refractivity contribution is 7.27. The van der Waals surface area contributed by atoms with Crippen LogP contribution in [-0.2, 0) is 0 Å². The number of hydrogen-bond donors (Lipinski definition) is 0. The number of hydrogen-bond acceptors (Lipinski definition) is 6. The van der Waals surface area contributed by atoms with Crippen molar-refractivity contribution < 1.29 is 0 Å². The molecule has 8 heteroatoms. The van der Waals surface area contributed by atoms with Gasteiger partial charge in [-0.3, -0.25) is 0 Å². The van der Waals surface area contributed by atoms with Crippen molar-refractivity contribution in [3.63, 3.8) is 0 Å². The molecule has 0 bridgehead atoms. The lowest BCUT2D eigenvalue weighted by Gasteiger charge is -2.34. The van der Waals surface area contributed by atoms with Crippen molar-refractivity contribution in [1.29, 1.82) is 0 Å². The summed E-state index contributed by atoms with van der Waals surface area (Å²) in [6.07, 6.45) is 0. The Morgan fingerprint density at radius 3 is 0.791 bits per heavy atom. The number of rotatable bonds is 13. The number of benzene rings is 20. The molecule has 0 spiro atoms. The molecular weight excluding hydrogens is 1650 g/mol. The second kappa shape index (κ2) is 32.6. The third-order valence-corrected chi connectivity index (χ3v) is 39.3. The molecule has 0 saturated heterocycles. The highest BCUT2D eigenvalue weighted by atomic mass is 32.1. The van der Waals surface area contributed by atoms with E-state index in [1.807, 2.05) is 34.0 Å². The zero-order valence-corrected chi connectivity index (χ0v) is 74.6. The minimum Gasteiger partial charge on any atom is -0.246 e. The van der Waals surface area contributed by atoms with Gasteiger partial charge in [0.25, 0.3) is 0 Å².